The van der Waals surface area contributed by atoms with E-state index >= 15 is 0 Å². The van der Waals surface area contributed by atoms with Crippen LogP contribution in [-0.4, -0.2) is 15.5 Å². The zero-order valence-corrected chi connectivity index (χ0v) is 16.3. The third-order valence-corrected chi connectivity index (χ3v) is 5.32. The standard InChI is InChI=1S/C17H11Cl4N3O2/c1-8-3-2-4-9-15(8)22-7-24(17(9)26)6-12(25)23-16-13(20)10(18)5-11(19)14(16)21/h2-5,7H,6H2,1H3,(H,23,25). The number of halogens is 4. The molecule has 26 heavy (non-hydrogen) atoms. The van der Waals surface area contributed by atoms with Crippen LogP contribution in [0.1, 0.15) is 5.56 Å². The largest absolute Gasteiger partial charge is 0.322 e. The predicted molar refractivity (Wildman–Crippen MR) is 106 cm³/mol. The lowest BCUT2D eigenvalue weighted by molar-refractivity contribution is -0.116. The molecule has 134 valence electrons. The number of aryl methyl sites for hydroxylation is 1. The fourth-order valence-electron chi connectivity index (χ4n) is 2.47. The minimum atomic E-state index is -0.525. The normalized spacial score (nSPS) is 11.0. The van der Waals surface area contributed by atoms with Gasteiger partial charge in [-0.25, -0.2) is 4.98 Å². The van der Waals surface area contributed by atoms with E-state index in [-0.39, 0.29) is 37.9 Å². The summed E-state index contributed by atoms with van der Waals surface area (Å²) in [7, 11) is 0. The molecular weight excluding hydrogens is 420 g/mol. The Morgan fingerprint density at radius 1 is 1.15 bits per heavy atom. The summed E-state index contributed by atoms with van der Waals surface area (Å²) in [6.07, 6.45) is 1.32. The monoisotopic (exact) mass is 429 g/mol. The van der Waals surface area contributed by atoms with Gasteiger partial charge in [-0.3, -0.25) is 14.2 Å². The van der Waals surface area contributed by atoms with Crippen molar-refractivity contribution in [2.75, 3.05) is 5.32 Å². The van der Waals surface area contributed by atoms with E-state index in [0.29, 0.717) is 10.9 Å². The average molecular weight is 431 g/mol. The second-order valence-electron chi connectivity index (χ2n) is 5.54. The van der Waals surface area contributed by atoms with Crippen molar-refractivity contribution >= 4 is 68.9 Å². The molecule has 1 amide bonds. The molecule has 0 saturated heterocycles. The van der Waals surface area contributed by atoms with Gasteiger partial charge in [0.2, 0.25) is 5.91 Å². The third-order valence-electron chi connectivity index (χ3n) is 3.75. The highest BCUT2D eigenvalue weighted by atomic mass is 35.5. The number of carbonyl (C=O) groups is 1. The molecule has 0 radical (unpaired) electrons. The van der Waals surface area contributed by atoms with E-state index in [1.165, 1.54) is 17.0 Å². The minimum Gasteiger partial charge on any atom is -0.322 e. The number of hydrogen-bond acceptors (Lipinski definition) is 3. The first kappa shape index (κ1) is 19.0. The molecular formula is C17H11Cl4N3O2. The van der Waals surface area contributed by atoms with E-state index in [1.807, 2.05) is 13.0 Å². The molecule has 0 aliphatic rings. The number of carbonyl (C=O) groups excluding carboxylic acids is 1. The van der Waals surface area contributed by atoms with Gasteiger partial charge in [-0.15, -0.1) is 0 Å². The van der Waals surface area contributed by atoms with Crippen LogP contribution in [0.5, 0.6) is 0 Å². The lowest BCUT2D eigenvalue weighted by atomic mass is 10.1. The second-order valence-corrected chi connectivity index (χ2v) is 7.11. The molecule has 0 fully saturated rings. The molecule has 1 N–H and O–H groups in total. The number of amides is 1. The third kappa shape index (κ3) is 3.53. The minimum absolute atomic E-state index is 0.0639. The Hall–Kier alpha value is -1.79. The quantitative estimate of drug-likeness (QED) is 0.597. The first-order valence-corrected chi connectivity index (χ1v) is 8.88. The predicted octanol–water partition coefficient (Wildman–Crippen LogP) is 4.96. The summed E-state index contributed by atoms with van der Waals surface area (Å²) in [4.78, 5) is 29.2. The van der Waals surface area contributed by atoms with Gasteiger partial charge in [0, 0.05) is 0 Å². The topological polar surface area (TPSA) is 64.0 Å². The van der Waals surface area contributed by atoms with Crippen LogP contribution in [0.2, 0.25) is 20.1 Å². The van der Waals surface area contributed by atoms with Gasteiger partial charge in [0.15, 0.2) is 0 Å². The Bertz CT molecular complexity index is 1070. The first-order valence-electron chi connectivity index (χ1n) is 7.37. The SMILES string of the molecule is Cc1cccc2c(=O)n(CC(=O)Nc3c(Cl)c(Cl)cc(Cl)c3Cl)cnc12. The number of nitrogens with zero attached hydrogens (tertiary/aromatic N) is 2. The van der Waals surface area contributed by atoms with Crippen LogP contribution < -0.4 is 10.9 Å². The first-order chi connectivity index (χ1) is 12.3. The summed E-state index contributed by atoms with van der Waals surface area (Å²) < 4.78 is 1.20. The van der Waals surface area contributed by atoms with Crippen molar-refractivity contribution in [1.29, 1.82) is 0 Å². The smallest absolute Gasteiger partial charge is 0.261 e. The number of rotatable bonds is 3. The van der Waals surface area contributed by atoms with Crippen molar-refractivity contribution in [3.05, 3.63) is 66.6 Å². The molecule has 9 heteroatoms. The molecule has 2 aromatic carbocycles. The molecule has 1 aromatic heterocycles. The number of para-hydroxylation sites is 1. The highest BCUT2D eigenvalue weighted by molar-refractivity contribution is 6.50. The maximum Gasteiger partial charge on any atom is 0.261 e. The van der Waals surface area contributed by atoms with Crippen molar-refractivity contribution in [3.63, 3.8) is 0 Å². The van der Waals surface area contributed by atoms with Gasteiger partial charge in [-0.1, -0.05) is 58.5 Å². The molecule has 1 heterocycles. The van der Waals surface area contributed by atoms with Crippen molar-refractivity contribution in [2.45, 2.75) is 13.5 Å². The molecule has 3 aromatic rings. The molecule has 0 aliphatic carbocycles. The molecule has 0 aliphatic heterocycles. The van der Waals surface area contributed by atoms with E-state index in [9.17, 15) is 9.59 Å². The number of hydrogen-bond donors (Lipinski definition) is 1. The van der Waals surface area contributed by atoms with Gasteiger partial charge in [0.1, 0.15) is 6.54 Å². The highest BCUT2D eigenvalue weighted by Gasteiger charge is 2.17. The van der Waals surface area contributed by atoms with Crippen LogP contribution in [0.4, 0.5) is 5.69 Å². The van der Waals surface area contributed by atoms with Gasteiger partial charge < -0.3 is 5.32 Å². The molecule has 0 bridgehead atoms. The van der Waals surface area contributed by atoms with Gasteiger partial charge in [-0.05, 0) is 24.6 Å². The summed E-state index contributed by atoms with van der Waals surface area (Å²) in [6, 6.07) is 6.66. The number of fused-ring (bicyclic) bond motifs is 1. The summed E-state index contributed by atoms with van der Waals surface area (Å²) in [5.41, 5.74) is 1.24. The molecule has 0 atom stereocenters. The summed E-state index contributed by atoms with van der Waals surface area (Å²) in [5, 5.41) is 3.40. The summed E-state index contributed by atoms with van der Waals surface area (Å²) >= 11 is 24.0. The highest BCUT2D eigenvalue weighted by Crippen LogP contribution is 2.40. The maximum absolute atomic E-state index is 12.6. The second kappa shape index (κ2) is 7.45. The molecule has 0 unspecified atom stereocenters. The van der Waals surface area contributed by atoms with Crippen molar-refractivity contribution in [3.8, 4) is 0 Å². The maximum atomic E-state index is 12.6. The van der Waals surface area contributed by atoms with Crippen LogP contribution in [0.15, 0.2) is 35.4 Å². The fraction of sp³-hybridized carbons (Fsp3) is 0.118. The van der Waals surface area contributed by atoms with Gasteiger partial charge in [0.25, 0.3) is 5.56 Å². The van der Waals surface area contributed by atoms with Crippen LogP contribution in [-0.2, 0) is 11.3 Å². The number of benzene rings is 2. The average Bonchev–Trinajstić information content (AvgIpc) is 2.60. The van der Waals surface area contributed by atoms with Gasteiger partial charge in [0.05, 0.1) is 43.0 Å². The number of nitrogens with one attached hydrogen (secondary N) is 1. The lowest BCUT2D eigenvalue weighted by Gasteiger charge is -2.13. The van der Waals surface area contributed by atoms with E-state index in [4.69, 9.17) is 46.4 Å². The number of aromatic nitrogens is 2. The Balaban J connectivity index is 1.92. The van der Waals surface area contributed by atoms with E-state index in [1.54, 1.807) is 12.1 Å². The van der Waals surface area contributed by atoms with Crippen LogP contribution in [0.3, 0.4) is 0 Å². The van der Waals surface area contributed by atoms with Crippen molar-refractivity contribution in [2.24, 2.45) is 0 Å². The Morgan fingerprint density at radius 3 is 2.46 bits per heavy atom. The van der Waals surface area contributed by atoms with Crippen molar-refractivity contribution in [1.82, 2.24) is 9.55 Å². The zero-order valence-electron chi connectivity index (χ0n) is 13.3. The fourth-order valence-corrected chi connectivity index (χ4v) is 3.37. The lowest BCUT2D eigenvalue weighted by Crippen LogP contribution is -2.28. The van der Waals surface area contributed by atoms with Gasteiger partial charge >= 0.3 is 0 Å². The molecule has 0 spiro atoms. The number of anilines is 1. The summed E-state index contributed by atoms with van der Waals surface area (Å²) in [5.74, 6) is -0.525. The summed E-state index contributed by atoms with van der Waals surface area (Å²) in [6.45, 7) is 1.59. The molecule has 3 rings (SSSR count). The Kier molecular flexibility index (Phi) is 5.44. The Morgan fingerprint density at radius 2 is 1.81 bits per heavy atom. The van der Waals surface area contributed by atoms with Gasteiger partial charge in [-0.2, -0.15) is 0 Å². The molecule has 5 nitrogen and oxygen atoms in total. The van der Waals surface area contributed by atoms with E-state index < -0.39 is 5.91 Å². The van der Waals surface area contributed by atoms with Crippen LogP contribution in [0.25, 0.3) is 10.9 Å². The molecule has 0 saturated carbocycles. The Labute approximate surface area is 168 Å². The van der Waals surface area contributed by atoms with Crippen LogP contribution in [0, 0.1) is 6.92 Å². The zero-order chi connectivity index (χ0) is 19.0. The van der Waals surface area contributed by atoms with E-state index in [2.05, 4.69) is 10.3 Å². The van der Waals surface area contributed by atoms with Crippen LogP contribution >= 0.6 is 46.4 Å². The van der Waals surface area contributed by atoms with Crippen molar-refractivity contribution < 1.29 is 4.79 Å². The van der Waals surface area contributed by atoms with E-state index in [0.717, 1.165) is 5.56 Å².